The molecule has 3 fully saturated rings. The maximum atomic E-state index is 12.2. The molecule has 6 nitrogen and oxygen atoms in total. The van der Waals surface area contributed by atoms with Crippen molar-refractivity contribution in [3.8, 4) is 5.75 Å². The SMILES string of the molecule is CC(OCC(=O)N[C@@H]1C[C@H](NC(=O)COc2ccc(Cl)cc2)C2CC21)C1CC1. The predicted molar refractivity (Wildman–Crippen MR) is 105 cm³/mol. The lowest BCUT2D eigenvalue weighted by Crippen LogP contribution is -2.42. The van der Waals surface area contributed by atoms with Gasteiger partial charge in [0, 0.05) is 17.1 Å². The molecule has 4 rings (SSSR count). The van der Waals surface area contributed by atoms with Gasteiger partial charge in [-0.05, 0) is 74.6 Å². The number of amides is 2. The molecule has 0 spiro atoms. The lowest BCUT2D eigenvalue weighted by molar-refractivity contribution is -0.128. The third-order valence-corrected chi connectivity index (χ3v) is 6.32. The average Bonchev–Trinajstić information content (AvgIpc) is 3.58. The summed E-state index contributed by atoms with van der Waals surface area (Å²) in [4.78, 5) is 24.4. The second-order valence-electron chi connectivity index (χ2n) is 8.24. The van der Waals surface area contributed by atoms with Crippen LogP contribution in [-0.2, 0) is 14.3 Å². The maximum Gasteiger partial charge on any atom is 0.258 e. The van der Waals surface area contributed by atoms with Crippen LogP contribution < -0.4 is 15.4 Å². The van der Waals surface area contributed by atoms with E-state index in [0.29, 0.717) is 28.5 Å². The minimum Gasteiger partial charge on any atom is -0.484 e. The number of ether oxygens (including phenoxy) is 2. The molecule has 0 heterocycles. The van der Waals surface area contributed by atoms with Crippen molar-refractivity contribution in [3.63, 3.8) is 0 Å². The van der Waals surface area contributed by atoms with Crippen LogP contribution in [0.1, 0.15) is 32.6 Å². The van der Waals surface area contributed by atoms with E-state index < -0.39 is 0 Å². The quantitative estimate of drug-likeness (QED) is 0.660. The van der Waals surface area contributed by atoms with Gasteiger partial charge in [-0.1, -0.05) is 11.6 Å². The van der Waals surface area contributed by atoms with Crippen LogP contribution in [0.25, 0.3) is 0 Å². The average molecular weight is 407 g/mol. The fourth-order valence-corrected chi connectivity index (χ4v) is 4.33. The Morgan fingerprint density at radius 2 is 1.64 bits per heavy atom. The molecule has 1 aromatic rings. The molecular weight excluding hydrogens is 380 g/mol. The van der Waals surface area contributed by atoms with Crippen LogP contribution >= 0.6 is 11.6 Å². The highest BCUT2D eigenvalue weighted by Crippen LogP contribution is 2.51. The lowest BCUT2D eigenvalue weighted by atomic mass is 10.1. The van der Waals surface area contributed by atoms with Gasteiger partial charge in [-0.3, -0.25) is 9.59 Å². The summed E-state index contributed by atoms with van der Waals surface area (Å²) in [6.07, 6.45) is 4.39. The maximum absolute atomic E-state index is 12.2. The number of halogens is 1. The van der Waals surface area contributed by atoms with E-state index in [2.05, 4.69) is 10.6 Å². The Hall–Kier alpha value is -1.79. The molecule has 3 aliphatic carbocycles. The number of hydrogen-bond acceptors (Lipinski definition) is 4. The first kappa shape index (κ1) is 19.5. The van der Waals surface area contributed by atoms with Gasteiger partial charge in [0.25, 0.3) is 5.91 Å². The van der Waals surface area contributed by atoms with Crippen molar-refractivity contribution >= 4 is 23.4 Å². The van der Waals surface area contributed by atoms with Crippen LogP contribution in [0.5, 0.6) is 5.75 Å². The van der Waals surface area contributed by atoms with Crippen molar-refractivity contribution in [1.29, 1.82) is 0 Å². The number of fused-ring (bicyclic) bond motifs is 1. The zero-order valence-corrected chi connectivity index (χ0v) is 16.8. The van der Waals surface area contributed by atoms with Crippen LogP contribution in [0.3, 0.4) is 0 Å². The summed E-state index contributed by atoms with van der Waals surface area (Å²) in [6.45, 7) is 2.13. The summed E-state index contributed by atoms with van der Waals surface area (Å²) in [7, 11) is 0. The summed E-state index contributed by atoms with van der Waals surface area (Å²) in [5, 5.41) is 6.78. The molecule has 3 aliphatic rings. The molecule has 2 N–H and O–H groups in total. The highest BCUT2D eigenvalue weighted by molar-refractivity contribution is 6.30. The largest absolute Gasteiger partial charge is 0.484 e. The Bertz CT molecular complexity index is 722. The van der Waals surface area contributed by atoms with E-state index >= 15 is 0 Å². The number of benzene rings is 1. The fourth-order valence-electron chi connectivity index (χ4n) is 4.20. The van der Waals surface area contributed by atoms with Crippen LogP contribution in [0.2, 0.25) is 5.02 Å². The first-order chi connectivity index (χ1) is 13.5. The Kier molecular flexibility index (Phi) is 5.78. The van der Waals surface area contributed by atoms with E-state index in [1.807, 2.05) is 6.92 Å². The molecular formula is C21H27ClN2O4. The molecule has 3 saturated carbocycles. The van der Waals surface area contributed by atoms with Gasteiger partial charge >= 0.3 is 0 Å². The highest BCUT2D eigenvalue weighted by atomic mass is 35.5. The summed E-state index contributed by atoms with van der Waals surface area (Å²) in [5.41, 5.74) is 0. The predicted octanol–water partition coefficient (Wildman–Crippen LogP) is 2.54. The van der Waals surface area contributed by atoms with Gasteiger partial charge in [-0.15, -0.1) is 0 Å². The standard InChI is InChI=1S/C21H27ClN2O4/c1-12(13-2-3-13)27-10-20(25)23-18-9-19(17-8-16(17)18)24-21(26)11-28-15-6-4-14(22)5-7-15/h4-7,12-13,16-19H,2-3,8-11H2,1H3,(H,23,25)(H,24,26)/t12?,16?,17?,18-,19+/m1/s1. The Morgan fingerprint density at radius 3 is 2.25 bits per heavy atom. The molecule has 152 valence electrons. The number of rotatable bonds is 9. The monoisotopic (exact) mass is 406 g/mol. The molecule has 0 bridgehead atoms. The molecule has 0 aliphatic heterocycles. The molecule has 7 heteroatoms. The fraction of sp³-hybridized carbons (Fsp3) is 0.619. The van der Waals surface area contributed by atoms with E-state index in [0.717, 1.165) is 12.8 Å². The normalized spacial score (nSPS) is 28.9. The van der Waals surface area contributed by atoms with Crippen LogP contribution in [0.4, 0.5) is 0 Å². The molecule has 1 aromatic carbocycles. The van der Waals surface area contributed by atoms with Gasteiger partial charge in [0.05, 0.1) is 6.10 Å². The molecule has 0 saturated heterocycles. The number of hydrogen-bond donors (Lipinski definition) is 2. The zero-order valence-electron chi connectivity index (χ0n) is 16.0. The minimum absolute atomic E-state index is 0.0283. The minimum atomic E-state index is -0.140. The van der Waals surface area contributed by atoms with Gasteiger partial charge in [-0.25, -0.2) is 0 Å². The van der Waals surface area contributed by atoms with Crippen molar-refractivity contribution in [2.24, 2.45) is 17.8 Å². The topological polar surface area (TPSA) is 76.7 Å². The van der Waals surface area contributed by atoms with Gasteiger partial charge in [-0.2, -0.15) is 0 Å². The lowest BCUT2D eigenvalue weighted by Gasteiger charge is -2.19. The van der Waals surface area contributed by atoms with Crippen LogP contribution in [0.15, 0.2) is 24.3 Å². The molecule has 3 unspecified atom stereocenters. The van der Waals surface area contributed by atoms with Crippen molar-refractivity contribution in [3.05, 3.63) is 29.3 Å². The van der Waals surface area contributed by atoms with Crippen molar-refractivity contribution in [1.82, 2.24) is 10.6 Å². The summed E-state index contributed by atoms with van der Waals surface area (Å²) in [5.74, 6) is 1.96. The Morgan fingerprint density at radius 1 is 1.04 bits per heavy atom. The summed E-state index contributed by atoms with van der Waals surface area (Å²) in [6, 6.07) is 7.15. The highest BCUT2D eigenvalue weighted by Gasteiger charge is 2.55. The van der Waals surface area contributed by atoms with E-state index in [1.54, 1.807) is 24.3 Å². The van der Waals surface area contributed by atoms with Gasteiger partial charge in [0.15, 0.2) is 6.61 Å². The van der Waals surface area contributed by atoms with Crippen LogP contribution in [-0.4, -0.2) is 43.2 Å². The number of nitrogens with one attached hydrogen (secondary N) is 2. The van der Waals surface area contributed by atoms with Gasteiger partial charge in [0.2, 0.25) is 5.91 Å². The second-order valence-corrected chi connectivity index (χ2v) is 8.68. The van der Waals surface area contributed by atoms with E-state index in [4.69, 9.17) is 21.1 Å². The number of carbonyl (C=O) groups excluding carboxylic acids is 2. The Labute approximate surface area is 170 Å². The van der Waals surface area contributed by atoms with Crippen LogP contribution in [0, 0.1) is 17.8 Å². The molecule has 0 radical (unpaired) electrons. The Balaban J connectivity index is 1.17. The smallest absolute Gasteiger partial charge is 0.258 e. The summed E-state index contributed by atoms with van der Waals surface area (Å²) >= 11 is 5.84. The van der Waals surface area contributed by atoms with E-state index in [1.165, 1.54) is 12.8 Å². The first-order valence-electron chi connectivity index (χ1n) is 10.1. The third-order valence-electron chi connectivity index (χ3n) is 6.07. The zero-order chi connectivity index (χ0) is 19.7. The van der Waals surface area contributed by atoms with Crippen molar-refractivity contribution in [2.75, 3.05) is 13.2 Å². The second kappa shape index (κ2) is 8.29. The molecule has 5 atom stereocenters. The first-order valence-corrected chi connectivity index (χ1v) is 10.5. The molecule has 2 amide bonds. The third kappa shape index (κ3) is 4.97. The summed E-state index contributed by atoms with van der Waals surface area (Å²) < 4.78 is 11.1. The van der Waals surface area contributed by atoms with Crippen molar-refractivity contribution < 1.29 is 19.1 Å². The van der Waals surface area contributed by atoms with E-state index in [9.17, 15) is 9.59 Å². The molecule has 28 heavy (non-hydrogen) atoms. The van der Waals surface area contributed by atoms with Gasteiger partial charge in [0.1, 0.15) is 12.4 Å². The van der Waals surface area contributed by atoms with Gasteiger partial charge < -0.3 is 20.1 Å². The molecule has 0 aromatic heterocycles. The van der Waals surface area contributed by atoms with Crippen molar-refractivity contribution in [2.45, 2.75) is 50.8 Å². The number of carbonyl (C=O) groups is 2. The van der Waals surface area contributed by atoms with E-state index in [-0.39, 0.29) is 43.2 Å².